The minimum atomic E-state index is -4.34. The van der Waals surface area contributed by atoms with E-state index in [2.05, 4.69) is 10.3 Å². The summed E-state index contributed by atoms with van der Waals surface area (Å²) in [6.07, 6.45) is -1.55. The Kier molecular flexibility index (Phi) is 3.84. The molecule has 0 aliphatic heterocycles. The average Bonchev–Trinajstić information content (AvgIpc) is 2.84. The van der Waals surface area contributed by atoms with Gasteiger partial charge in [0.05, 0.1) is 23.1 Å². The van der Waals surface area contributed by atoms with Crippen molar-refractivity contribution in [3.05, 3.63) is 41.7 Å². The summed E-state index contributed by atoms with van der Waals surface area (Å²) >= 11 is 0. The first-order chi connectivity index (χ1) is 9.00. The third-order valence-electron chi connectivity index (χ3n) is 2.59. The van der Waals surface area contributed by atoms with Gasteiger partial charge in [0.25, 0.3) is 0 Å². The van der Waals surface area contributed by atoms with Crippen LogP contribution in [0.2, 0.25) is 0 Å². The highest BCUT2D eigenvalue weighted by Crippen LogP contribution is 2.29. The van der Waals surface area contributed by atoms with Crippen LogP contribution in [0.15, 0.2) is 30.5 Å². The van der Waals surface area contributed by atoms with Crippen LogP contribution in [-0.4, -0.2) is 26.7 Å². The molecule has 0 amide bonds. The fourth-order valence-electron chi connectivity index (χ4n) is 1.60. The minimum Gasteiger partial charge on any atom is -0.396 e. The standard InChI is InChI=1S/C12H12F3N3O/c13-12(14,15)9-3-5-11(6-4-9)18-8-10(16-17-18)2-1-7-19/h3-6,8,19H,1-2,7H2. The molecule has 1 N–H and O–H groups in total. The molecule has 0 fully saturated rings. The van der Waals surface area contributed by atoms with Crippen molar-refractivity contribution in [2.24, 2.45) is 0 Å². The lowest BCUT2D eigenvalue weighted by molar-refractivity contribution is -0.137. The molecule has 0 atom stereocenters. The molecule has 0 aliphatic rings. The van der Waals surface area contributed by atoms with Crippen molar-refractivity contribution in [3.63, 3.8) is 0 Å². The second-order valence-corrected chi connectivity index (χ2v) is 4.03. The Balaban J connectivity index is 2.16. The van der Waals surface area contributed by atoms with E-state index in [1.807, 2.05) is 0 Å². The van der Waals surface area contributed by atoms with Gasteiger partial charge >= 0.3 is 6.18 Å². The van der Waals surface area contributed by atoms with E-state index in [1.54, 1.807) is 6.20 Å². The van der Waals surface area contributed by atoms with Gasteiger partial charge in [0.2, 0.25) is 0 Å². The molecular weight excluding hydrogens is 259 g/mol. The zero-order valence-corrected chi connectivity index (χ0v) is 9.93. The van der Waals surface area contributed by atoms with Crippen LogP contribution in [0, 0.1) is 0 Å². The second kappa shape index (κ2) is 5.40. The third kappa shape index (κ3) is 3.31. The number of aromatic nitrogens is 3. The van der Waals surface area contributed by atoms with Crippen molar-refractivity contribution in [2.45, 2.75) is 19.0 Å². The van der Waals surface area contributed by atoms with E-state index in [-0.39, 0.29) is 6.61 Å². The topological polar surface area (TPSA) is 50.9 Å². The van der Waals surface area contributed by atoms with Crippen LogP contribution >= 0.6 is 0 Å². The Morgan fingerprint density at radius 2 is 1.84 bits per heavy atom. The number of alkyl halides is 3. The highest BCUT2D eigenvalue weighted by Gasteiger charge is 2.30. The molecule has 102 valence electrons. The quantitative estimate of drug-likeness (QED) is 0.927. The zero-order valence-electron chi connectivity index (χ0n) is 9.93. The van der Waals surface area contributed by atoms with Crippen molar-refractivity contribution in [1.82, 2.24) is 15.0 Å². The fraction of sp³-hybridized carbons (Fsp3) is 0.333. The van der Waals surface area contributed by atoms with Crippen LogP contribution in [0.4, 0.5) is 13.2 Å². The van der Waals surface area contributed by atoms with E-state index >= 15 is 0 Å². The number of rotatable bonds is 4. The van der Waals surface area contributed by atoms with Gasteiger partial charge in [-0.3, -0.25) is 0 Å². The first-order valence-corrected chi connectivity index (χ1v) is 5.70. The first kappa shape index (κ1) is 13.5. The van der Waals surface area contributed by atoms with Crippen LogP contribution in [0.1, 0.15) is 17.7 Å². The number of halogens is 3. The van der Waals surface area contributed by atoms with Crippen LogP contribution < -0.4 is 0 Å². The molecule has 7 heteroatoms. The fourth-order valence-corrected chi connectivity index (χ4v) is 1.60. The summed E-state index contributed by atoms with van der Waals surface area (Å²) in [7, 11) is 0. The minimum absolute atomic E-state index is 0.0626. The van der Waals surface area contributed by atoms with Gasteiger partial charge in [-0.15, -0.1) is 5.10 Å². The molecule has 0 radical (unpaired) electrons. The van der Waals surface area contributed by atoms with Gasteiger partial charge in [-0.1, -0.05) is 5.21 Å². The molecule has 1 heterocycles. The lowest BCUT2D eigenvalue weighted by Crippen LogP contribution is -2.05. The molecule has 0 saturated heterocycles. The summed E-state index contributed by atoms with van der Waals surface area (Å²) in [5.74, 6) is 0. The zero-order chi connectivity index (χ0) is 13.9. The highest BCUT2D eigenvalue weighted by molar-refractivity contribution is 5.34. The van der Waals surface area contributed by atoms with Gasteiger partial charge in [-0.05, 0) is 37.1 Å². The van der Waals surface area contributed by atoms with E-state index in [1.165, 1.54) is 16.8 Å². The lowest BCUT2D eigenvalue weighted by atomic mass is 10.2. The monoisotopic (exact) mass is 271 g/mol. The molecule has 1 aromatic heterocycles. The molecule has 1 aromatic carbocycles. The average molecular weight is 271 g/mol. The van der Waals surface area contributed by atoms with Crippen LogP contribution in [0.3, 0.4) is 0 Å². The molecule has 0 unspecified atom stereocenters. The highest BCUT2D eigenvalue weighted by atomic mass is 19.4. The Labute approximate surface area is 107 Å². The number of aliphatic hydroxyl groups is 1. The molecule has 0 aliphatic carbocycles. The summed E-state index contributed by atoms with van der Waals surface area (Å²) in [6.45, 7) is 0.0626. The van der Waals surface area contributed by atoms with Gasteiger partial charge in [0.15, 0.2) is 0 Å². The van der Waals surface area contributed by atoms with Crippen LogP contribution in [0.25, 0.3) is 5.69 Å². The molecule has 4 nitrogen and oxygen atoms in total. The van der Waals surface area contributed by atoms with Crippen LogP contribution in [0.5, 0.6) is 0 Å². The SMILES string of the molecule is OCCCc1cn(-c2ccc(C(F)(F)F)cc2)nn1. The largest absolute Gasteiger partial charge is 0.416 e. The summed E-state index contributed by atoms with van der Waals surface area (Å²) in [5, 5.41) is 16.4. The first-order valence-electron chi connectivity index (χ1n) is 5.70. The maximum absolute atomic E-state index is 12.4. The Bertz CT molecular complexity index is 534. The van der Waals surface area contributed by atoms with Crippen molar-refractivity contribution in [2.75, 3.05) is 6.61 Å². The van der Waals surface area contributed by atoms with Gasteiger partial charge in [0, 0.05) is 6.61 Å². The van der Waals surface area contributed by atoms with E-state index in [0.29, 0.717) is 24.2 Å². The molecule has 19 heavy (non-hydrogen) atoms. The smallest absolute Gasteiger partial charge is 0.396 e. The summed E-state index contributed by atoms with van der Waals surface area (Å²) < 4.78 is 38.6. The normalized spacial score (nSPS) is 11.8. The van der Waals surface area contributed by atoms with E-state index in [9.17, 15) is 13.2 Å². The number of benzene rings is 1. The van der Waals surface area contributed by atoms with Gasteiger partial charge in [0.1, 0.15) is 0 Å². The summed E-state index contributed by atoms with van der Waals surface area (Å²) in [6, 6.07) is 4.69. The number of aryl methyl sites for hydroxylation is 1. The van der Waals surface area contributed by atoms with E-state index in [4.69, 9.17) is 5.11 Å². The molecule has 0 spiro atoms. The van der Waals surface area contributed by atoms with Gasteiger partial charge in [-0.25, -0.2) is 4.68 Å². The molecule has 2 rings (SSSR count). The molecule has 0 saturated carbocycles. The van der Waals surface area contributed by atoms with Gasteiger partial charge < -0.3 is 5.11 Å². The van der Waals surface area contributed by atoms with Crippen molar-refractivity contribution in [1.29, 1.82) is 0 Å². The number of nitrogens with zero attached hydrogens (tertiary/aromatic N) is 3. The molecule has 2 aromatic rings. The molecular formula is C12H12F3N3O. The Hall–Kier alpha value is -1.89. The molecule has 0 bridgehead atoms. The van der Waals surface area contributed by atoms with Crippen molar-refractivity contribution < 1.29 is 18.3 Å². The van der Waals surface area contributed by atoms with Crippen LogP contribution in [-0.2, 0) is 12.6 Å². The van der Waals surface area contributed by atoms with E-state index < -0.39 is 11.7 Å². The predicted octanol–water partition coefficient (Wildman–Crippen LogP) is 2.21. The summed E-state index contributed by atoms with van der Waals surface area (Å²) in [5.41, 5.74) is 0.501. The Morgan fingerprint density at radius 3 is 2.42 bits per heavy atom. The predicted molar refractivity (Wildman–Crippen MR) is 61.8 cm³/mol. The lowest BCUT2D eigenvalue weighted by Gasteiger charge is -2.07. The summed E-state index contributed by atoms with van der Waals surface area (Å²) in [4.78, 5) is 0. The number of aliphatic hydroxyl groups excluding tert-OH is 1. The van der Waals surface area contributed by atoms with Gasteiger partial charge in [-0.2, -0.15) is 13.2 Å². The second-order valence-electron chi connectivity index (χ2n) is 4.03. The third-order valence-corrected chi connectivity index (χ3v) is 2.59. The maximum Gasteiger partial charge on any atom is 0.416 e. The van der Waals surface area contributed by atoms with Crippen molar-refractivity contribution >= 4 is 0 Å². The number of hydrogen-bond acceptors (Lipinski definition) is 3. The maximum atomic E-state index is 12.4. The Morgan fingerprint density at radius 1 is 1.16 bits per heavy atom. The number of hydrogen-bond donors (Lipinski definition) is 1. The van der Waals surface area contributed by atoms with E-state index in [0.717, 1.165) is 12.1 Å². The van der Waals surface area contributed by atoms with Crippen molar-refractivity contribution in [3.8, 4) is 5.69 Å².